The van der Waals surface area contributed by atoms with E-state index >= 15 is 0 Å². The van der Waals surface area contributed by atoms with E-state index in [1.165, 1.54) is 6.07 Å². The zero-order valence-corrected chi connectivity index (χ0v) is 10.4. The number of nitrogens with one attached hydrogen (secondary N) is 1. The molecule has 5 nitrogen and oxygen atoms in total. The Hall–Kier alpha value is -1.79. The molecule has 1 aromatic heterocycles. The van der Waals surface area contributed by atoms with E-state index < -0.39 is 0 Å². The fourth-order valence-corrected chi connectivity index (χ4v) is 1.86. The molecule has 3 N–H and O–H groups in total. The summed E-state index contributed by atoms with van der Waals surface area (Å²) in [5.74, 6) is 5.33. The second kappa shape index (κ2) is 5.24. The van der Waals surface area contributed by atoms with Gasteiger partial charge >= 0.3 is 0 Å². The van der Waals surface area contributed by atoms with E-state index in [0.29, 0.717) is 12.0 Å². The number of hydrogen-bond donors (Lipinski definition) is 2. The van der Waals surface area contributed by atoms with E-state index in [9.17, 15) is 4.39 Å². The molecular weight excluding hydrogens is 233 g/mol. The maximum absolute atomic E-state index is 13.2. The summed E-state index contributed by atoms with van der Waals surface area (Å²) in [6.45, 7) is 1.73. The monoisotopic (exact) mass is 249 g/mol. The highest BCUT2D eigenvalue weighted by atomic mass is 19.1. The molecule has 0 bridgehead atoms. The van der Waals surface area contributed by atoms with Crippen molar-refractivity contribution in [2.75, 3.05) is 0 Å². The summed E-state index contributed by atoms with van der Waals surface area (Å²) in [6, 6.07) is 4.85. The van der Waals surface area contributed by atoms with Gasteiger partial charge in [-0.25, -0.2) is 4.39 Å². The Kier molecular flexibility index (Phi) is 3.69. The van der Waals surface area contributed by atoms with Gasteiger partial charge in [-0.2, -0.15) is 0 Å². The van der Waals surface area contributed by atoms with E-state index in [0.717, 1.165) is 11.3 Å². The molecule has 0 fully saturated rings. The van der Waals surface area contributed by atoms with E-state index in [1.54, 1.807) is 23.7 Å². The Morgan fingerprint density at radius 1 is 1.50 bits per heavy atom. The maximum Gasteiger partial charge on any atom is 0.126 e. The van der Waals surface area contributed by atoms with Crippen LogP contribution in [-0.2, 0) is 13.5 Å². The molecule has 0 spiro atoms. The van der Waals surface area contributed by atoms with Gasteiger partial charge in [-0.15, -0.1) is 5.10 Å². The molecule has 1 aromatic carbocycles. The van der Waals surface area contributed by atoms with E-state index in [2.05, 4.69) is 15.7 Å². The first kappa shape index (κ1) is 12.7. The van der Waals surface area contributed by atoms with Crippen LogP contribution < -0.4 is 11.3 Å². The zero-order valence-electron chi connectivity index (χ0n) is 10.4. The van der Waals surface area contributed by atoms with Crippen molar-refractivity contribution in [1.29, 1.82) is 0 Å². The number of benzene rings is 1. The summed E-state index contributed by atoms with van der Waals surface area (Å²) in [6.07, 6.45) is 2.44. The second-order valence-electron chi connectivity index (χ2n) is 4.32. The van der Waals surface area contributed by atoms with Crippen molar-refractivity contribution in [2.24, 2.45) is 12.9 Å². The van der Waals surface area contributed by atoms with Crippen molar-refractivity contribution in [1.82, 2.24) is 20.4 Å². The Labute approximate surface area is 105 Å². The lowest BCUT2D eigenvalue weighted by atomic mass is 10.0. The van der Waals surface area contributed by atoms with Crippen LogP contribution in [0.1, 0.15) is 22.9 Å². The number of halogens is 1. The van der Waals surface area contributed by atoms with Gasteiger partial charge in [0, 0.05) is 19.7 Å². The van der Waals surface area contributed by atoms with Crippen molar-refractivity contribution in [3.8, 4) is 0 Å². The topological polar surface area (TPSA) is 68.8 Å². The van der Waals surface area contributed by atoms with Crippen LogP contribution in [0.5, 0.6) is 0 Å². The summed E-state index contributed by atoms with van der Waals surface area (Å²) in [7, 11) is 1.81. The first-order chi connectivity index (χ1) is 8.60. The van der Waals surface area contributed by atoms with E-state index in [4.69, 9.17) is 5.84 Å². The van der Waals surface area contributed by atoms with Crippen LogP contribution in [0, 0.1) is 12.7 Å². The third-order valence-corrected chi connectivity index (χ3v) is 2.85. The van der Waals surface area contributed by atoms with Gasteiger partial charge in [0.25, 0.3) is 0 Å². The van der Waals surface area contributed by atoms with Gasteiger partial charge in [-0.05, 0) is 24.1 Å². The molecule has 0 saturated carbocycles. The number of nitrogens with zero attached hydrogens (tertiary/aromatic N) is 3. The first-order valence-electron chi connectivity index (χ1n) is 5.67. The minimum absolute atomic E-state index is 0.110. The Morgan fingerprint density at radius 3 is 2.83 bits per heavy atom. The van der Waals surface area contributed by atoms with Crippen LogP contribution in [0.15, 0.2) is 24.4 Å². The quantitative estimate of drug-likeness (QED) is 0.627. The average Bonchev–Trinajstić information content (AvgIpc) is 2.75. The number of hydrogen-bond acceptors (Lipinski definition) is 4. The normalized spacial score (nSPS) is 12.7. The molecule has 0 saturated heterocycles. The lowest BCUT2D eigenvalue weighted by Crippen LogP contribution is -2.29. The molecule has 1 heterocycles. The first-order valence-corrected chi connectivity index (χ1v) is 5.67. The Bertz CT molecular complexity index is 537. The van der Waals surface area contributed by atoms with Gasteiger partial charge in [0.05, 0.1) is 11.7 Å². The van der Waals surface area contributed by atoms with Gasteiger partial charge < -0.3 is 0 Å². The van der Waals surface area contributed by atoms with Crippen LogP contribution in [0.25, 0.3) is 0 Å². The van der Waals surface area contributed by atoms with Crippen LogP contribution in [0.4, 0.5) is 4.39 Å². The SMILES string of the molecule is Cc1cc(C(Cc2cn(C)nn2)NN)ccc1F. The third kappa shape index (κ3) is 2.72. The van der Waals surface area contributed by atoms with Crippen molar-refractivity contribution in [3.05, 3.63) is 47.0 Å². The molecule has 2 aromatic rings. The molecule has 6 heteroatoms. The summed E-state index contributed by atoms with van der Waals surface area (Å²) in [5.41, 5.74) is 5.09. The molecule has 0 aliphatic rings. The van der Waals surface area contributed by atoms with Crippen LogP contribution >= 0.6 is 0 Å². The average molecular weight is 249 g/mol. The molecule has 96 valence electrons. The van der Waals surface area contributed by atoms with E-state index in [-0.39, 0.29) is 11.9 Å². The lowest BCUT2D eigenvalue weighted by Gasteiger charge is -2.15. The molecule has 2 rings (SSSR count). The highest BCUT2D eigenvalue weighted by molar-refractivity contribution is 5.27. The van der Waals surface area contributed by atoms with Gasteiger partial charge in [0.1, 0.15) is 5.82 Å². The summed E-state index contributed by atoms with van der Waals surface area (Å²) < 4.78 is 14.9. The molecule has 0 aliphatic heterocycles. The fraction of sp³-hybridized carbons (Fsp3) is 0.333. The zero-order chi connectivity index (χ0) is 13.1. The van der Waals surface area contributed by atoms with Crippen molar-refractivity contribution < 1.29 is 4.39 Å². The number of aromatic nitrogens is 3. The second-order valence-corrected chi connectivity index (χ2v) is 4.32. The molecule has 18 heavy (non-hydrogen) atoms. The molecule has 1 atom stereocenters. The molecular formula is C12H16FN5. The number of rotatable bonds is 4. The maximum atomic E-state index is 13.2. The standard InChI is InChI=1S/C12H16FN5/c1-8-5-9(3-4-11(8)13)12(15-14)6-10-7-18(2)17-16-10/h3-5,7,12,15H,6,14H2,1-2H3. The fourth-order valence-electron chi connectivity index (χ4n) is 1.86. The molecule has 1 unspecified atom stereocenters. The van der Waals surface area contributed by atoms with E-state index in [1.807, 2.05) is 13.2 Å². The van der Waals surface area contributed by atoms with Crippen LogP contribution in [0.2, 0.25) is 0 Å². The Morgan fingerprint density at radius 2 is 2.28 bits per heavy atom. The molecule has 0 aliphatic carbocycles. The van der Waals surface area contributed by atoms with Gasteiger partial charge in [-0.1, -0.05) is 17.3 Å². The highest BCUT2D eigenvalue weighted by Crippen LogP contribution is 2.19. The predicted octanol–water partition coefficient (Wildman–Crippen LogP) is 1.01. The minimum atomic E-state index is -0.214. The number of hydrazine groups is 1. The van der Waals surface area contributed by atoms with Gasteiger partial charge in [0.15, 0.2) is 0 Å². The Balaban J connectivity index is 2.19. The van der Waals surface area contributed by atoms with Gasteiger partial charge in [-0.3, -0.25) is 16.0 Å². The predicted molar refractivity (Wildman–Crippen MR) is 65.9 cm³/mol. The minimum Gasteiger partial charge on any atom is -0.271 e. The summed E-state index contributed by atoms with van der Waals surface area (Å²) in [4.78, 5) is 0. The number of aryl methyl sites for hydroxylation is 2. The van der Waals surface area contributed by atoms with Crippen molar-refractivity contribution in [2.45, 2.75) is 19.4 Å². The van der Waals surface area contributed by atoms with Crippen molar-refractivity contribution >= 4 is 0 Å². The van der Waals surface area contributed by atoms with Crippen LogP contribution in [-0.4, -0.2) is 15.0 Å². The molecule has 0 radical (unpaired) electrons. The van der Waals surface area contributed by atoms with Crippen LogP contribution in [0.3, 0.4) is 0 Å². The smallest absolute Gasteiger partial charge is 0.126 e. The molecule has 0 amide bonds. The highest BCUT2D eigenvalue weighted by Gasteiger charge is 2.13. The number of nitrogens with two attached hydrogens (primary N) is 1. The van der Waals surface area contributed by atoms with Crippen molar-refractivity contribution in [3.63, 3.8) is 0 Å². The lowest BCUT2D eigenvalue weighted by molar-refractivity contribution is 0.542. The van der Waals surface area contributed by atoms with Gasteiger partial charge in [0.2, 0.25) is 0 Å². The largest absolute Gasteiger partial charge is 0.271 e. The summed E-state index contributed by atoms with van der Waals surface area (Å²) >= 11 is 0. The third-order valence-electron chi connectivity index (χ3n) is 2.85. The summed E-state index contributed by atoms with van der Waals surface area (Å²) in [5, 5.41) is 7.88.